The highest BCUT2D eigenvalue weighted by Gasteiger charge is 2.34. The molecule has 0 bridgehead atoms. The van der Waals surface area contributed by atoms with Gasteiger partial charge in [0.25, 0.3) is 0 Å². The summed E-state index contributed by atoms with van der Waals surface area (Å²) in [5.41, 5.74) is 0.977. The lowest BCUT2D eigenvalue weighted by Gasteiger charge is -2.02. The number of para-hydroxylation sites is 1. The van der Waals surface area contributed by atoms with Gasteiger partial charge in [0.1, 0.15) is 0 Å². The number of tetrazole rings is 1. The third-order valence-electron chi connectivity index (χ3n) is 2.65. The molecule has 17 heavy (non-hydrogen) atoms. The zero-order valence-electron chi connectivity index (χ0n) is 9.35. The first-order valence-corrected chi connectivity index (χ1v) is 6.45. The zero-order chi connectivity index (χ0) is 11.7. The van der Waals surface area contributed by atoms with E-state index in [1.54, 1.807) is 16.4 Å². The van der Waals surface area contributed by atoms with Crippen molar-refractivity contribution in [3.63, 3.8) is 0 Å². The summed E-state index contributed by atoms with van der Waals surface area (Å²) in [4.78, 5) is 0. The molecule has 1 aliphatic heterocycles. The lowest BCUT2D eigenvalue weighted by Crippen LogP contribution is -2.01. The van der Waals surface area contributed by atoms with Crippen LogP contribution in [0.1, 0.15) is 6.92 Å². The maximum Gasteiger partial charge on any atom is 0.214 e. The van der Waals surface area contributed by atoms with Crippen LogP contribution in [0.4, 0.5) is 0 Å². The fourth-order valence-corrected chi connectivity index (χ4v) is 2.58. The number of nitrogens with zero attached hydrogens (tertiary/aromatic N) is 4. The second kappa shape index (κ2) is 4.46. The minimum Gasteiger partial charge on any atom is -0.369 e. The van der Waals surface area contributed by atoms with Crippen molar-refractivity contribution in [1.29, 1.82) is 0 Å². The van der Waals surface area contributed by atoms with E-state index in [0.29, 0.717) is 12.2 Å². The second-order valence-corrected chi connectivity index (χ2v) is 4.89. The highest BCUT2D eigenvalue weighted by molar-refractivity contribution is 7.99. The molecule has 6 heteroatoms. The van der Waals surface area contributed by atoms with Crippen molar-refractivity contribution < 1.29 is 4.74 Å². The molecule has 1 saturated heterocycles. The van der Waals surface area contributed by atoms with Crippen LogP contribution in [0.5, 0.6) is 0 Å². The lowest BCUT2D eigenvalue weighted by atomic mass is 10.3. The largest absolute Gasteiger partial charge is 0.369 e. The van der Waals surface area contributed by atoms with E-state index in [2.05, 4.69) is 22.4 Å². The van der Waals surface area contributed by atoms with Gasteiger partial charge in [-0.15, -0.1) is 5.10 Å². The number of rotatable bonds is 4. The predicted molar refractivity (Wildman–Crippen MR) is 64.2 cm³/mol. The molecule has 2 heterocycles. The van der Waals surface area contributed by atoms with Gasteiger partial charge in [-0.3, -0.25) is 0 Å². The summed E-state index contributed by atoms with van der Waals surface area (Å²) >= 11 is 1.62. The van der Waals surface area contributed by atoms with Crippen LogP contribution in [0, 0.1) is 0 Å². The van der Waals surface area contributed by atoms with Crippen LogP contribution in [-0.2, 0) is 4.74 Å². The Kier molecular flexibility index (Phi) is 2.82. The van der Waals surface area contributed by atoms with Crippen molar-refractivity contribution in [2.75, 3.05) is 5.75 Å². The van der Waals surface area contributed by atoms with E-state index in [4.69, 9.17) is 4.74 Å². The minimum absolute atomic E-state index is 0.348. The average Bonchev–Trinajstić information content (AvgIpc) is 2.90. The van der Waals surface area contributed by atoms with Gasteiger partial charge in [-0.05, 0) is 29.5 Å². The monoisotopic (exact) mass is 248 g/mol. The van der Waals surface area contributed by atoms with Gasteiger partial charge in [0.15, 0.2) is 0 Å². The summed E-state index contributed by atoms with van der Waals surface area (Å²) in [6.07, 6.45) is 0.726. The Balaban J connectivity index is 1.75. The van der Waals surface area contributed by atoms with E-state index in [-0.39, 0.29) is 0 Å². The smallest absolute Gasteiger partial charge is 0.214 e. The van der Waals surface area contributed by atoms with Gasteiger partial charge < -0.3 is 4.74 Å². The van der Waals surface area contributed by atoms with Gasteiger partial charge in [0, 0.05) is 5.75 Å². The number of thioether (sulfide) groups is 1. The number of hydrogen-bond donors (Lipinski definition) is 0. The van der Waals surface area contributed by atoms with E-state index >= 15 is 0 Å². The summed E-state index contributed by atoms with van der Waals surface area (Å²) in [7, 11) is 0. The zero-order valence-corrected chi connectivity index (χ0v) is 10.2. The fourth-order valence-electron chi connectivity index (χ4n) is 1.56. The van der Waals surface area contributed by atoms with Gasteiger partial charge in [0.05, 0.1) is 17.9 Å². The molecular weight excluding hydrogens is 236 g/mol. The molecule has 0 amide bonds. The van der Waals surface area contributed by atoms with Crippen LogP contribution in [0.15, 0.2) is 35.5 Å². The van der Waals surface area contributed by atoms with Crippen molar-refractivity contribution in [3.05, 3.63) is 30.3 Å². The third kappa shape index (κ3) is 2.32. The number of benzene rings is 1. The van der Waals surface area contributed by atoms with Gasteiger partial charge in [-0.25, -0.2) is 0 Å². The SMILES string of the molecule is CC1OC1CSc1nnnn1-c1ccccc1. The first kappa shape index (κ1) is 10.7. The molecule has 0 saturated carbocycles. The van der Waals surface area contributed by atoms with Crippen LogP contribution < -0.4 is 0 Å². The number of aromatic nitrogens is 4. The maximum atomic E-state index is 5.36. The average molecular weight is 248 g/mol. The molecule has 2 atom stereocenters. The van der Waals surface area contributed by atoms with Gasteiger partial charge in [-0.1, -0.05) is 30.0 Å². The molecular formula is C11H12N4OS. The van der Waals surface area contributed by atoms with E-state index in [1.165, 1.54) is 0 Å². The molecule has 5 nitrogen and oxygen atoms in total. The third-order valence-corrected chi connectivity index (χ3v) is 3.66. The quantitative estimate of drug-likeness (QED) is 0.607. The summed E-state index contributed by atoms with van der Waals surface area (Å²) in [6.45, 7) is 2.07. The predicted octanol–water partition coefficient (Wildman–Crippen LogP) is 1.54. The standard InChI is InChI=1S/C11H12N4OS/c1-8-10(16-8)7-17-11-12-13-14-15(11)9-5-3-2-4-6-9/h2-6,8,10H,7H2,1H3. The summed E-state index contributed by atoms with van der Waals surface area (Å²) in [5, 5.41) is 12.5. The van der Waals surface area contributed by atoms with E-state index < -0.39 is 0 Å². The van der Waals surface area contributed by atoms with Gasteiger partial charge in [0.2, 0.25) is 5.16 Å². The van der Waals surface area contributed by atoms with Gasteiger partial charge >= 0.3 is 0 Å². The molecule has 0 aliphatic carbocycles. The molecule has 1 aromatic carbocycles. The molecule has 1 fully saturated rings. The molecule has 3 rings (SSSR count). The maximum absolute atomic E-state index is 5.36. The van der Waals surface area contributed by atoms with Crippen molar-refractivity contribution >= 4 is 11.8 Å². The topological polar surface area (TPSA) is 56.1 Å². The fraction of sp³-hybridized carbons (Fsp3) is 0.364. The van der Waals surface area contributed by atoms with Crippen LogP contribution in [0.25, 0.3) is 5.69 Å². The second-order valence-electron chi connectivity index (χ2n) is 3.90. The van der Waals surface area contributed by atoms with Crippen molar-refractivity contribution in [2.45, 2.75) is 24.3 Å². The summed E-state index contributed by atoms with van der Waals surface area (Å²) < 4.78 is 7.11. The molecule has 0 spiro atoms. The molecule has 88 valence electrons. The first-order valence-electron chi connectivity index (χ1n) is 5.46. The molecule has 0 radical (unpaired) electrons. The Hall–Kier alpha value is -1.40. The molecule has 0 N–H and O–H groups in total. The molecule has 2 unspecified atom stereocenters. The van der Waals surface area contributed by atoms with Crippen LogP contribution in [0.2, 0.25) is 0 Å². The van der Waals surface area contributed by atoms with E-state index in [1.807, 2.05) is 30.3 Å². The first-order chi connectivity index (χ1) is 8.34. The number of epoxide rings is 1. The molecule has 1 aromatic heterocycles. The highest BCUT2D eigenvalue weighted by atomic mass is 32.2. The van der Waals surface area contributed by atoms with Crippen LogP contribution >= 0.6 is 11.8 Å². The molecule has 2 aromatic rings. The number of hydrogen-bond acceptors (Lipinski definition) is 5. The number of ether oxygens (including phenoxy) is 1. The summed E-state index contributed by atoms with van der Waals surface area (Å²) in [5.74, 6) is 0.897. The Labute approximate surface area is 103 Å². The minimum atomic E-state index is 0.348. The Morgan fingerprint density at radius 2 is 2.12 bits per heavy atom. The Morgan fingerprint density at radius 1 is 1.35 bits per heavy atom. The normalized spacial score (nSPS) is 22.6. The van der Waals surface area contributed by atoms with Crippen molar-refractivity contribution in [3.8, 4) is 5.69 Å². The van der Waals surface area contributed by atoms with Crippen LogP contribution in [-0.4, -0.2) is 38.2 Å². The van der Waals surface area contributed by atoms with Crippen molar-refractivity contribution in [1.82, 2.24) is 20.2 Å². The van der Waals surface area contributed by atoms with E-state index in [0.717, 1.165) is 16.6 Å². The van der Waals surface area contributed by atoms with Crippen molar-refractivity contribution in [2.24, 2.45) is 0 Å². The van der Waals surface area contributed by atoms with Crippen LogP contribution in [0.3, 0.4) is 0 Å². The highest BCUT2D eigenvalue weighted by Crippen LogP contribution is 2.28. The summed E-state index contributed by atoms with van der Waals surface area (Å²) in [6, 6.07) is 9.88. The van der Waals surface area contributed by atoms with Gasteiger partial charge in [-0.2, -0.15) is 4.68 Å². The Morgan fingerprint density at radius 3 is 2.82 bits per heavy atom. The lowest BCUT2D eigenvalue weighted by molar-refractivity contribution is 0.390. The molecule has 1 aliphatic rings. The van der Waals surface area contributed by atoms with E-state index in [9.17, 15) is 0 Å². The Bertz CT molecular complexity index is 501.